The van der Waals surface area contributed by atoms with Crippen LogP contribution >= 0.6 is 0 Å². The maximum absolute atomic E-state index is 11.5. The molecule has 1 saturated carbocycles. The van der Waals surface area contributed by atoms with Gasteiger partial charge in [-0.3, -0.25) is 9.59 Å². The van der Waals surface area contributed by atoms with Crippen molar-refractivity contribution in [2.24, 2.45) is 0 Å². The fraction of sp³-hybridized carbons (Fsp3) is 0.846. The molecule has 0 spiro atoms. The molecular formula is C13H23NO4. The van der Waals surface area contributed by atoms with E-state index in [1.165, 1.54) is 20.6 Å². The van der Waals surface area contributed by atoms with Crippen LogP contribution < -0.4 is 5.32 Å². The Morgan fingerprint density at radius 1 is 1.06 bits per heavy atom. The zero-order valence-corrected chi connectivity index (χ0v) is 11.3. The molecule has 1 N–H and O–H groups in total. The molecule has 18 heavy (non-hydrogen) atoms. The molecule has 0 aliphatic heterocycles. The van der Waals surface area contributed by atoms with Crippen molar-refractivity contribution in [3.63, 3.8) is 0 Å². The fourth-order valence-electron chi connectivity index (χ4n) is 2.52. The Kier molecular flexibility index (Phi) is 6.12. The van der Waals surface area contributed by atoms with Crippen LogP contribution in [0.15, 0.2) is 0 Å². The molecule has 1 rings (SSSR count). The topological polar surface area (TPSA) is 64.6 Å². The molecule has 0 radical (unpaired) electrons. The summed E-state index contributed by atoms with van der Waals surface area (Å²) in [5.74, 6) is -0.422. The zero-order chi connectivity index (χ0) is 13.4. The summed E-state index contributed by atoms with van der Waals surface area (Å²) in [5, 5.41) is 3.36. The molecule has 0 unspecified atom stereocenters. The molecule has 0 aromatic rings. The smallest absolute Gasteiger partial charge is 0.307 e. The first-order valence-corrected chi connectivity index (χ1v) is 6.50. The number of ether oxygens (including phenoxy) is 2. The number of esters is 2. The van der Waals surface area contributed by atoms with E-state index in [-0.39, 0.29) is 17.5 Å². The number of hydrogen-bond donors (Lipinski definition) is 1. The number of methoxy groups -OCH3 is 2. The Labute approximate surface area is 108 Å². The molecular weight excluding hydrogens is 234 g/mol. The van der Waals surface area contributed by atoms with Gasteiger partial charge in [-0.2, -0.15) is 0 Å². The van der Waals surface area contributed by atoms with Gasteiger partial charge in [0.15, 0.2) is 0 Å². The molecule has 1 aliphatic carbocycles. The van der Waals surface area contributed by atoms with Gasteiger partial charge in [0.25, 0.3) is 0 Å². The normalized spacial score (nSPS) is 18.1. The van der Waals surface area contributed by atoms with E-state index in [1.807, 2.05) is 0 Å². The number of hydrogen-bond acceptors (Lipinski definition) is 5. The number of rotatable bonds is 6. The lowest BCUT2D eigenvalue weighted by molar-refractivity contribution is -0.142. The molecule has 0 aromatic heterocycles. The average molecular weight is 257 g/mol. The Balaban J connectivity index is 2.49. The van der Waals surface area contributed by atoms with Crippen molar-refractivity contribution in [3.8, 4) is 0 Å². The highest BCUT2D eigenvalue weighted by Crippen LogP contribution is 2.31. The van der Waals surface area contributed by atoms with Gasteiger partial charge in [0, 0.05) is 12.1 Å². The lowest BCUT2D eigenvalue weighted by atomic mass is 9.79. The zero-order valence-electron chi connectivity index (χ0n) is 11.3. The summed E-state index contributed by atoms with van der Waals surface area (Å²) in [6.45, 7) is 0.545. The van der Waals surface area contributed by atoms with E-state index in [0.29, 0.717) is 19.4 Å². The first kappa shape index (κ1) is 15.0. The second-order valence-electron chi connectivity index (χ2n) is 4.85. The Bertz CT molecular complexity index is 285. The summed E-state index contributed by atoms with van der Waals surface area (Å²) < 4.78 is 9.36. The van der Waals surface area contributed by atoms with Gasteiger partial charge >= 0.3 is 11.9 Å². The standard InChI is InChI=1S/C13H23NO4/c1-17-11(15)6-9-14-13(10-12(16)18-2)7-4-3-5-8-13/h14H,3-10H2,1-2H3. The van der Waals surface area contributed by atoms with E-state index in [2.05, 4.69) is 10.1 Å². The van der Waals surface area contributed by atoms with Gasteiger partial charge in [-0.25, -0.2) is 0 Å². The van der Waals surface area contributed by atoms with Crippen LogP contribution in [0.1, 0.15) is 44.9 Å². The van der Waals surface area contributed by atoms with Gasteiger partial charge in [0.1, 0.15) is 0 Å². The molecule has 0 saturated heterocycles. The van der Waals surface area contributed by atoms with Crippen molar-refractivity contribution in [2.45, 2.75) is 50.5 Å². The van der Waals surface area contributed by atoms with Gasteiger partial charge in [-0.05, 0) is 12.8 Å². The van der Waals surface area contributed by atoms with Gasteiger partial charge in [0.05, 0.1) is 27.1 Å². The van der Waals surface area contributed by atoms with Crippen LogP contribution in [0, 0.1) is 0 Å². The second-order valence-corrected chi connectivity index (χ2v) is 4.85. The van der Waals surface area contributed by atoms with Crippen LogP contribution in [0.4, 0.5) is 0 Å². The summed E-state index contributed by atoms with van der Waals surface area (Å²) in [6, 6.07) is 0. The van der Waals surface area contributed by atoms with Crippen molar-refractivity contribution in [1.82, 2.24) is 5.32 Å². The van der Waals surface area contributed by atoms with Crippen molar-refractivity contribution < 1.29 is 19.1 Å². The van der Waals surface area contributed by atoms with Crippen molar-refractivity contribution in [2.75, 3.05) is 20.8 Å². The fourth-order valence-corrected chi connectivity index (χ4v) is 2.52. The first-order valence-electron chi connectivity index (χ1n) is 6.50. The predicted molar refractivity (Wildman–Crippen MR) is 67.1 cm³/mol. The van der Waals surface area contributed by atoms with Crippen LogP contribution in [0.2, 0.25) is 0 Å². The maximum Gasteiger partial charge on any atom is 0.307 e. The van der Waals surface area contributed by atoms with Crippen LogP contribution in [0.3, 0.4) is 0 Å². The van der Waals surface area contributed by atoms with Crippen molar-refractivity contribution in [3.05, 3.63) is 0 Å². The third-order valence-corrected chi connectivity index (χ3v) is 3.58. The lowest BCUT2D eigenvalue weighted by Gasteiger charge is -2.37. The van der Waals surface area contributed by atoms with E-state index in [1.54, 1.807) is 0 Å². The van der Waals surface area contributed by atoms with E-state index >= 15 is 0 Å². The molecule has 5 heteroatoms. The summed E-state index contributed by atoms with van der Waals surface area (Å²) in [4.78, 5) is 22.6. The highest BCUT2D eigenvalue weighted by molar-refractivity contribution is 5.71. The van der Waals surface area contributed by atoms with Crippen molar-refractivity contribution in [1.29, 1.82) is 0 Å². The minimum absolute atomic E-state index is 0.192. The second kappa shape index (κ2) is 7.36. The minimum Gasteiger partial charge on any atom is -0.469 e. The summed E-state index contributed by atoms with van der Waals surface area (Å²) in [7, 11) is 2.79. The van der Waals surface area contributed by atoms with Gasteiger partial charge in [0.2, 0.25) is 0 Å². The van der Waals surface area contributed by atoms with Crippen molar-refractivity contribution >= 4 is 11.9 Å². The van der Waals surface area contributed by atoms with E-state index < -0.39 is 0 Å². The summed E-state index contributed by atoms with van der Waals surface area (Å²) in [5.41, 5.74) is -0.195. The first-order chi connectivity index (χ1) is 8.62. The van der Waals surface area contributed by atoms with Crippen LogP contribution in [0.5, 0.6) is 0 Å². The van der Waals surface area contributed by atoms with Gasteiger partial charge < -0.3 is 14.8 Å². The SMILES string of the molecule is COC(=O)CCNC1(CC(=O)OC)CCCCC1. The van der Waals surface area contributed by atoms with Crippen LogP contribution in [0.25, 0.3) is 0 Å². The predicted octanol–water partition coefficient (Wildman–Crippen LogP) is 1.41. The quantitative estimate of drug-likeness (QED) is 0.729. The van der Waals surface area contributed by atoms with Crippen LogP contribution in [-0.4, -0.2) is 38.2 Å². The molecule has 0 atom stereocenters. The molecule has 0 amide bonds. The van der Waals surface area contributed by atoms with E-state index in [0.717, 1.165) is 25.7 Å². The van der Waals surface area contributed by atoms with Gasteiger partial charge in [-0.1, -0.05) is 19.3 Å². The average Bonchev–Trinajstić information content (AvgIpc) is 2.39. The highest BCUT2D eigenvalue weighted by atomic mass is 16.5. The molecule has 5 nitrogen and oxygen atoms in total. The van der Waals surface area contributed by atoms with E-state index in [9.17, 15) is 9.59 Å². The minimum atomic E-state index is -0.230. The largest absolute Gasteiger partial charge is 0.469 e. The van der Waals surface area contributed by atoms with Crippen LogP contribution in [-0.2, 0) is 19.1 Å². The Morgan fingerprint density at radius 3 is 2.22 bits per heavy atom. The number of carbonyl (C=O) groups is 2. The summed E-state index contributed by atoms with van der Waals surface area (Å²) in [6.07, 6.45) is 6.07. The molecule has 104 valence electrons. The van der Waals surface area contributed by atoms with Gasteiger partial charge in [-0.15, -0.1) is 0 Å². The third-order valence-electron chi connectivity index (χ3n) is 3.58. The number of carbonyl (C=O) groups excluding carboxylic acids is 2. The maximum atomic E-state index is 11.5. The molecule has 0 bridgehead atoms. The molecule has 0 heterocycles. The Morgan fingerprint density at radius 2 is 1.67 bits per heavy atom. The lowest BCUT2D eigenvalue weighted by Crippen LogP contribution is -2.49. The molecule has 1 fully saturated rings. The molecule has 1 aliphatic rings. The van der Waals surface area contributed by atoms with E-state index in [4.69, 9.17) is 4.74 Å². The number of nitrogens with one attached hydrogen (secondary N) is 1. The monoisotopic (exact) mass is 257 g/mol. The highest BCUT2D eigenvalue weighted by Gasteiger charge is 2.34. The molecule has 0 aromatic carbocycles. The summed E-state index contributed by atoms with van der Waals surface area (Å²) >= 11 is 0. The Hall–Kier alpha value is -1.10. The third kappa shape index (κ3) is 4.64.